The van der Waals surface area contributed by atoms with Crippen LogP contribution in [0.1, 0.15) is 0 Å². The summed E-state index contributed by atoms with van der Waals surface area (Å²) in [5.74, 6) is 0.0646. The first-order valence-electron chi connectivity index (χ1n) is 4.19. The Morgan fingerprint density at radius 3 is 2.64 bits per heavy atom. The lowest BCUT2D eigenvalue weighted by Crippen LogP contribution is -2.13. The largest absolute Gasteiger partial charge is 0.384 e. The summed E-state index contributed by atoms with van der Waals surface area (Å²) < 4.78 is 22.1. The van der Waals surface area contributed by atoms with Gasteiger partial charge >= 0.3 is 0 Å². The van der Waals surface area contributed by atoms with Crippen molar-refractivity contribution in [1.29, 1.82) is 0 Å². The normalized spacial score (nSPS) is 10.9. The molecule has 0 saturated carbocycles. The Kier molecular flexibility index (Phi) is 3.71. The smallest absolute Gasteiger partial charge is 0.172 e. The van der Waals surface area contributed by atoms with Crippen molar-refractivity contribution in [1.82, 2.24) is 0 Å². The first-order valence-corrected chi connectivity index (χ1v) is 5.91. The van der Waals surface area contributed by atoms with E-state index >= 15 is 0 Å². The molecular weight excluding hydrogens is 198 g/mol. The van der Waals surface area contributed by atoms with Crippen LogP contribution in [0, 0.1) is 6.07 Å². The molecule has 4 heteroatoms. The highest BCUT2D eigenvalue weighted by Gasteiger charge is 2.03. The van der Waals surface area contributed by atoms with Crippen LogP contribution in [0.15, 0.2) is 36.3 Å². The maximum absolute atomic E-state index is 11.0. The third-order valence-corrected chi connectivity index (χ3v) is 2.97. The van der Waals surface area contributed by atoms with Crippen LogP contribution in [-0.4, -0.2) is 20.7 Å². The van der Waals surface area contributed by atoms with Gasteiger partial charge in [0.1, 0.15) is 0 Å². The Bertz CT molecular complexity index is 384. The predicted molar refractivity (Wildman–Crippen MR) is 57.8 cm³/mol. The summed E-state index contributed by atoms with van der Waals surface area (Å²) in [5, 5.41) is 3.97. The van der Waals surface area contributed by atoms with Crippen LogP contribution in [0.2, 0.25) is 0 Å². The highest BCUT2D eigenvalue weighted by Crippen LogP contribution is 2.03. The second-order valence-corrected chi connectivity index (χ2v) is 4.82. The van der Waals surface area contributed by atoms with Gasteiger partial charge in [0.15, 0.2) is 9.84 Å². The zero-order valence-corrected chi connectivity index (χ0v) is 8.55. The van der Waals surface area contributed by atoms with Crippen molar-refractivity contribution in [3.63, 3.8) is 0 Å². The van der Waals surface area contributed by atoms with E-state index in [1.807, 2.05) is 12.1 Å². The van der Waals surface area contributed by atoms with Crippen molar-refractivity contribution in [3.8, 4) is 0 Å². The van der Waals surface area contributed by atoms with E-state index in [1.54, 1.807) is 12.1 Å². The van der Waals surface area contributed by atoms with Gasteiger partial charge in [-0.2, -0.15) is 0 Å². The lowest BCUT2D eigenvalue weighted by atomic mass is 10.3. The maximum atomic E-state index is 11.0. The zero-order chi connectivity index (χ0) is 10.4. The van der Waals surface area contributed by atoms with Gasteiger partial charge in [0.2, 0.25) is 0 Å². The number of benzene rings is 1. The monoisotopic (exact) mass is 210 g/mol. The molecule has 1 aromatic rings. The number of sulfone groups is 1. The summed E-state index contributed by atoms with van der Waals surface area (Å²) in [6.07, 6.45) is 0. The van der Waals surface area contributed by atoms with Gasteiger partial charge < -0.3 is 5.32 Å². The molecule has 0 unspecified atom stereocenters. The topological polar surface area (TPSA) is 46.2 Å². The molecule has 1 N–H and O–H groups in total. The SMILES string of the molecule is C=CS(=O)(=O)CCNc1cc[c]cc1. The molecule has 0 heterocycles. The van der Waals surface area contributed by atoms with Crippen LogP contribution >= 0.6 is 0 Å². The minimum atomic E-state index is -3.10. The molecule has 0 bridgehead atoms. The third kappa shape index (κ3) is 3.62. The van der Waals surface area contributed by atoms with Gasteiger partial charge in [-0.1, -0.05) is 18.7 Å². The fourth-order valence-corrected chi connectivity index (χ4v) is 1.48. The van der Waals surface area contributed by atoms with Crippen LogP contribution < -0.4 is 5.32 Å². The van der Waals surface area contributed by atoms with Crippen LogP contribution in [0.4, 0.5) is 5.69 Å². The van der Waals surface area contributed by atoms with Gasteiger partial charge in [0.25, 0.3) is 0 Å². The predicted octanol–water partition coefficient (Wildman–Crippen LogP) is 1.46. The Labute approximate surface area is 84.4 Å². The Morgan fingerprint density at radius 1 is 1.43 bits per heavy atom. The number of anilines is 1. The van der Waals surface area contributed by atoms with Gasteiger partial charge in [0.05, 0.1) is 5.75 Å². The third-order valence-electron chi connectivity index (χ3n) is 1.69. The molecule has 0 saturated heterocycles. The lowest BCUT2D eigenvalue weighted by Gasteiger charge is -2.04. The van der Waals surface area contributed by atoms with E-state index < -0.39 is 9.84 Å². The van der Waals surface area contributed by atoms with E-state index in [9.17, 15) is 8.42 Å². The minimum absolute atomic E-state index is 0.0646. The van der Waals surface area contributed by atoms with Gasteiger partial charge in [0, 0.05) is 17.6 Å². The molecule has 14 heavy (non-hydrogen) atoms. The number of nitrogens with one attached hydrogen (secondary N) is 1. The summed E-state index contributed by atoms with van der Waals surface area (Å²) in [6.45, 7) is 3.62. The molecule has 0 spiro atoms. The number of hydrogen-bond acceptors (Lipinski definition) is 3. The summed E-state index contributed by atoms with van der Waals surface area (Å²) in [4.78, 5) is 0. The first-order chi connectivity index (χ1) is 6.64. The Hall–Kier alpha value is -1.29. The van der Waals surface area contributed by atoms with Gasteiger partial charge in [-0.25, -0.2) is 8.42 Å². The van der Waals surface area contributed by atoms with E-state index in [4.69, 9.17) is 0 Å². The van der Waals surface area contributed by atoms with Crippen LogP contribution in [-0.2, 0) is 9.84 Å². The average Bonchev–Trinajstić information content (AvgIpc) is 2.19. The van der Waals surface area contributed by atoms with E-state index in [0.717, 1.165) is 11.1 Å². The standard InChI is InChI=1S/C10H12NO2S/c1-2-14(12,13)9-8-11-10-6-4-3-5-7-10/h2,4-7,11H,1,8-9H2. The summed E-state index contributed by atoms with van der Waals surface area (Å²) in [5.41, 5.74) is 0.892. The van der Waals surface area contributed by atoms with E-state index in [0.29, 0.717) is 6.54 Å². The summed E-state index contributed by atoms with van der Waals surface area (Å²) >= 11 is 0. The molecule has 0 aliphatic heterocycles. The van der Waals surface area contributed by atoms with E-state index in [2.05, 4.69) is 18.0 Å². The fraction of sp³-hybridized carbons (Fsp3) is 0.200. The van der Waals surface area contributed by atoms with Crippen LogP contribution in [0.5, 0.6) is 0 Å². The molecule has 0 fully saturated rings. The molecule has 1 rings (SSSR count). The van der Waals surface area contributed by atoms with Crippen molar-refractivity contribution < 1.29 is 8.42 Å². The van der Waals surface area contributed by atoms with Crippen molar-refractivity contribution in [2.45, 2.75) is 0 Å². The molecular formula is C10H12NO2S. The van der Waals surface area contributed by atoms with Crippen molar-refractivity contribution in [2.75, 3.05) is 17.6 Å². The second kappa shape index (κ2) is 4.81. The molecule has 0 amide bonds. The van der Waals surface area contributed by atoms with Crippen molar-refractivity contribution >= 4 is 15.5 Å². The van der Waals surface area contributed by atoms with Crippen LogP contribution in [0.3, 0.4) is 0 Å². The minimum Gasteiger partial charge on any atom is -0.384 e. The number of hydrogen-bond donors (Lipinski definition) is 1. The number of rotatable bonds is 5. The Balaban J connectivity index is 2.40. The van der Waals surface area contributed by atoms with Gasteiger partial charge in [-0.3, -0.25) is 0 Å². The quantitative estimate of drug-likeness (QED) is 0.800. The van der Waals surface area contributed by atoms with Crippen molar-refractivity contribution in [2.24, 2.45) is 0 Å². The fourth-order valence-electron chi connectivity index (χ4n) is 0.926. The van der Waals surface area contributed by atoms with Gasteiger partial charge in [-0.15, -0.1) is 0 Å². The molecule has 0 aliphatic rings. The Morgan fingerprint density at radius 2 is 2.07 bits per heavy atom. The van der Waals surface area contributed by atoms with E-state index in [-0.39, 0.29) is 5.75 Å². The molecule has 0 atom stereocenters. The molecule has 75 valence electrons. The zero-order valence-electron chi connectivity index (χ0n) is 7.73. The second-order valence-electron chi connectivity index (χ2n) is 2.75. The highest BCUT2D eigenvalue weighted by atomic mass is 32.2. The molecule has 0 aromatic heterocycles. The molecule has 1 radical (unpaired) electrons. The highest BCUT2D eigenvalue weighted by molar-refractivity contribution is 7.94. The van der Waals surface area contributed by atoms with Gasteiger partial charge in [-0.05, 0) is 18.2 Å². The maximum Gasteiger partial charge on any atom is 0.172 e. The molecule has 3 nitrogen and oxygen atoms in total. The average molecular weight is 210 g/mol. The van der Waals surface area contributed by atoms with Crippen LogP contribution in [0.25, 0.3) is 0 Å². The van der Waals surface area contributed by atoms with Crippen molar-refractivity contribution in [3.05, 3.63) is 42.3 Å². The molecule has 0 aliphatic carbocycles. The molecule has 1 aromatic carbocycles. The summed E-state index contributed by atoms with van der Waals surface area (Å²) in [6, 6.07) is 10.1. The lowest BCUT2D eigenvalue weighted by molar-refractivity contribution is 0.605. The first kappa shape index (κ1) is 10.8. The summed E-state index contributed by atoms with van der Waals surface area (Å²) in [7, 11) is -3.10. The van der Waals surface area contributed by atoms with E-state index in [1.165, 1.54) is 0 Å².